The lowest BCUT2D eigenvalue weighted by molar-refractivity contribution is 0.0944. The van der Waals surface area contributed by atoms with Gasteiger partial charge in [0, 0.05) is 17.4 Å². The number of phenols is 1. The van der Waals surface area contributed by atoms with Gasteiger partial charge in [-0.1, -0.05) is 22.0 Å². The van der Waals surface area contributed by atoms with E-state index in [9.17, 15) is 9.90 Å². The second kappa shape index (κ2) is 5.31. The van der Waals surface area contributed by atoms with E-state index in [1.807, 2.05) is 6.92 Å². The summed E-state index contributed by atoms with van der Waals surface area (Å²) in [5.41, 5.74) is 1.61. The highest BCUT2D eigenvalue weighted by Crippen LogP contribution is 2.48. The van der Waals surface area contributed by atoms with Gasteiger partial charge in [0.15, 0.2) is 0 Å². The second-order valence-corrected chi connectivity index (χ2v) is 5.92. The summed E-state index contributed by atoms with van der Waals surface area (Å²) in [7, 11) is 0. The lowest BCUT2D eigenvalue weighted by Gasteiger charge is -2.14. The van der Waals surface area contributed by atoms with Crippen molar-refractivity contribution in [2.75, 3.05) is 11.9 Å². The summed E-state index contributed by atoms with van der Waals surface area (Å²) < 4.78 is 0. The average Bonchev–Trinajstić information content (AvgIpc) is 3.11. The number of alkyl halides is 1. The number of aryl methyl sites for hydroxylation is 1. The summed E-state index contributed by atoms with van der Waals surface area (Å²) in [5, 5.41) is 13.5. The van der Waals surface area contributed by atoms with Crippen molar-refractivity contribution in [3.8, 4) is 5.75 Å². The molecular formula is C14H18BrNO2. The molecule has 0 atom stereocenters. The Balaban J connectivity index is 1.93. The van der Waals surface area contributed by atoms with Crippen molar-refractivity contribution >= 4 is 21.8 Å². The number of nitrogens with one attached hydrogen (secondary N) is 1. The minimum absolute atomic E-state index is 0.105. The molecule has 1 aromatic carbocycles. The summed E-state index contributed by atoms with van der Waals surface area (Å²) in [6.07, 6.45) is 3.49. The highest BCUT2D eigenvalue weighted by atomic mass is 79.9. The standard InChI is InChI=1S/C14H18BrNO2/c1-10-2-3-11(8-12(10)17)13(18)16-9-14(4-5-14)6-7-15/h2-3,8,17H,4-7,9H2,1H3,(H,16,18). The van der Waals surface area contributed by atoms with Crippen molar-refractivity contribution in [2.24, 2.45) is 5.41 Å². The first-order valence-corrected chi connectivity index (χ1v) is 7.32. The fourth-order valence-electron chi connectivity index (χ4n) is 2.01. The molecule has 1 amide bonds. The molecule has 0 aromatic heterocycles. The smallest absolute Gasteiger partial charge is 0.251 e. The van der Waals surface area contributed by atoms with Gasteiger partial charge in [0.05, 0.1) is 0 Å². The highest BCUT2D eigenvalue weighted by Gasteiger charge is 2.41. The van der Waals surface area contributed by atoms with Crippen LogP contribution in [-0.2, 0) is 0 Å². The van der Waals surface area contributed by atoms with E-state index in [4.69, 9.17) is 0 Å². The molecule has 2 N–H and O–H groups in total. The molecule has 1 aliphatic rings. The molecule has 1 saturated carbocycles. The van der Waals surface area contributed by atoms with E-state index in [1.165, 1.54) is 18.9 Å². The molecular weight excluding hydrogens is 294 g/mol. The minimum Gasteiger partial charge on any atom is -0.508 e. The van der Waals surface area contributed by atoms with Crippen LogP contribution in [0.25, 0.3) is 0 Å². The zero-order valence-corrected chi connectivity index (χ0v) is 12.1. The predicted octanol–water partition coefficient (Wildman–Crippen LogP) is 3.00. The Morgan fingerprint density at radius 2 is 2.22 bits per heavy atom. The molecule has 2 rings (SSSR count). The van der Waals surface area contributed by atoms with Gasteiger partial charge in [-0.15, -0.1) is 0 Å². The van der Waals surface area contributed by atoms with Crippen molar-refractivity contribution in [3.05, 3.63) is 29.3 Å². The fraction of sp³-hybridized carbons (Fsp3) is 0.500. The summed E-state index contributed by atoms with van der Waals surface area (Å²) in [4.78, 5) is 12.0. The third kappa shape index (κ3) is 3.05. The molecule has 0 heterocycles. The maximum Gasteiger partial charge on any atom is 0.251 e. The molecule has 4 heteroatoms. The van der Waals surface area contributed by atoms with Crippen LogP contribution in [0.1, 0.15) is 35.2 Å². The van der Waals surface area contributed by atoms with E-state index in [0.29, 0.717) is 11.0 Å². The van der Waals surface area contributed by atoms with Crippen LogP contribution in [0.3, 0.4) is 0 Å². The van der Waals surface area contributed by atoms with Gasteiger partial charge in [-0.25, -0.2) is 0 Å². The Morgan fingerprint density at radius 3 is 2.78 bits per heavy atom. The summed E-state index contributed by atoms with van der Waals surface area (Å²) in [6.45, 7) is 2.54. The number of hydrogen-bond donors (Lipinski definition) is 2. The third-order valence-electron chi connectivity index (χ3n) is 3.68. The molecule has 18 heavy (non-hydrogen) atoms. The van der Waals surface area contributed by atoms with Crippen molar-refractivity contribution < 1.29 is 9.90 Å². The average molecular weight is 312 g/mol. The topological polar surface area (TPSA) is 49.3 Å². The maximum atomic E-state index is 12.0. The van der Waals surface area contributed by atoms with Gasteiger partial charge in [-0.2, -0.15) is 0 Å². The van der Waals surface area contributed by atoms with E-state index in [0.717, 1.165) is 23.9 Å². The first-order valence-electron chi connectivity index (χ1n) is 6.20. The first kappa shape index (κ1) is 13.4. The van der Waals surface area contributed by atoms with Crippen molar-refractivity contribution in [1.29, 1.82) is 0 Å². The lowest BCUT2D eigenvalue weighted by atomic mass is 10.0. The number of rotatable bonds is 5. The highest BCUT2D eigenvalue weighted by molar-refractivity contribution is 9.09. The fourth-order valence-corrected chi connectivity index (χ4v) is 2.85. The van der Waals surface area contributed by atoms with Gasteiger partial charge in [0.25, 0.3) is 5.91 Å². The monoisotopic (exact) mass is 311 g/mol. The van der Waals surface area contributed by atoms with Crippen LogP contribution >= 0.6 is 15.9 Å². The van der Waals surface area contributed by atoms with Gasteiger partial charge in [0.1, 0.15) is 5.75 Å². The molecule has 0 radical (unpaired) electrons. The maximum absolute atomic E-state index is 12.0. The van der Waals surface area contributed by atoms with Gasteiger partial charge in [-0.3, -0.25) is 4.79 Å². The largest absolute Gasteiger partial charge is 0.508 e. The van der Waals surface area contributed by atoms with Crippen molar-refractivity contribution in [1.82, 2.24) is 5.32 Å². The minimum atomic E-state index is -0.105. The summed E-state index contributed by atoms with van der Waals surface area (Å²) in [5.74, 6) is 0.0652. The normalized spacial score (nSPS) is 16.3. The van der Waals surface area contributed by atoms with Gasteiger partial charge in [0.2, 0.25) is 0 Å². The van der Waals surface area contributed by atoms with Crippen molar-refractivity contribution in [2.45, 2.75) is 26.2 Å². The Morgan fingerprint density at radius 1 is 1.50 bits per heavy atom. The number of hydrogen-bond acceptors (Lipinski definition) is 2. The Kier molecular flexibility index (Phi) is 3.95. The predicted molar refractivity (Wildman–Crippen MR) is 75.3 cm³/mol. The molecule has 0 bridgehead atoms. The zero-order chi connectivity index (χ0) is 13.2. The summed E-state index contributed by atoms with van der Waals surface area (Å²) in [6, 6.07) is 5.03. The third-order valence-corrected chi connectivity index (χ3v) is 4.07. The molecule has 1 aliphatic carbocycles. The lowest BCUT2D eigenvalue weighted by Crippen LogP contribution is -2.30. The molecule has 0 unspecified atom stereocenters. The van der Waals surface area contributed by atoms with Gasteiger partial charge >= 0.3 is 0 Å². The molecule has 0 saturated heterocycles. The van der Waals surface area contributed by atoms with Crippen LogP contribution in [0.15, 0.2) is 18.2 Å². The molecule has 0 spiro atoms. The second-order valence-electron chi connectivity index (χ2n) is 5.12. The Bertz CT molecular complexity index is 455. The number of aromatic hydroxyl groups is 1. The molecule has 0 aliphatic heterocycles. The molecule has 3 nitrogen and oxygen atoms in total. The molecule has 1 fully saturated rings. The zero-order valence-electron chi connectivity index (χ0n) is 10.5. The number of carbonyl (C=O) groups excluding carboxylic acids is 1. The van der Waals surface area contributed by atoms with Crippen LogP contribution in [0.4, 0.5) is 0 Å². The van der Waals surface area contributed by atoms with E-state index in [2.05, 4.69) is 21.2 Å². The SMILES string of the molecule is Cc1ccc(C(=O)NCC2(CCBr)CC2)cc1O. The van der Waals surface area contributed by atoms with E-state index in [1.54, 1.807) is 12.1 Å². The van der Waals surface area contributed by atoms with E-state index in [-0.39, 0.29) is 11.7 Å². The quantitative estimate of drug-likeness (QED) is 0.821. The van der Waals surface area contributed by atoms with Crippen LogP contribution in [0, 0.1) is 12.3 Å². The Labute approximate surface area is 116 Å². The Hall–Kier alpha value is -1.03. The molecule has 1 aromatic rings. The number of carbonyl (C=O) groups is 1. The van der Waals surface area contributed by atoms with Crippen LogP contribution in [-0.4, -0.2) is 22.9 Å². The van der Waals surface area contributed by atoms with Crippen molar-refractivity contribution in [3.63, 3.8) is 0 Å². The number of amides is 1. The first-order chi connectivity index (χ1) is 8.56. The van der Waals surface area contributed by atoms with Gasteiger partial charge < -0.3 is 10.4 Å². The van der Waals surface area contributed by atoms with Crippen LogP contribution in [0.5, 0.6) is 5.75 Å². The number of benzene rings is 1. The molecule has 98 valence electrons. The summed E-state index contributed by atoms with van der Waals surface area (Å²) >= 11 is 3.45. The van der Waals surface area contributed by atoms with E-state index < -0.39 is 0 Å². The number of phenolic OH excluding ortho intramolecular Hbond substituents is 1. The van der Waals surface area contributed by atoms with E-state index >= 15 is 0 Å². The number of halogens is 1. The van der Waals surface area contributed by atoms with Gasteiger partial charge in [-0.05, 0) is 49.3 Å². The van der Waals surface area contributed by atoms with Crippen LogP contribution < -0.4 is 5.32 Å². The van der Waals surface area contributed by atoms with Crippen LogP contribution in [0.2, 0.25) is 0 Å².